The maximum Gasteiger partial charge on any atom is 0.390 e. The summed E-state index contributed by atoms with van der Waals surface area (Å²) in [6, 6.07) is 0. The SMILES string of the molecule is O=C(O)C(C(F)C(F)C(F)C(F)F)S(=O)(=O)CCC(F)(F)F. The van der Waals surface area contributed by atoms with Crippen LogP contribution in [0.15, 0.2) is 0 Å². The fourth-order valence-electron chi connectivity index (χ4n) is 1.35. The fraction of sp³-hybridized carbons (Fsp3) is 0.889. The fourth-order valence-corrected chi connectivity index (χ4v) is 2.98. The third-order valence-electron chi connectivity index (χ3n) is 2.44. The van der Waals surface area contributed by atoms with E-state index in [4.69, 9.17) is 5.11 Å². The first kappa shape index (κ1) is 20.9. The zero-order chi connectivity index (χ0) is 17.9. The zero-order valence-corrected chi connectivity index (χ0v) is 11.2. The van der Waals surface area contributed by atoms with Crippen molar-refractivity contribution in [1.82, 2.24) is 0 Å². The lowest BCUT2D eigenvalue weighted by Gasteiger charge is -2.22. The van der Waals surface area contributed by atoms with E-state index in [1.54, 1.807) is 0 Å². The van der Waals surface area contributed by atoms with Gasteiger partial charge in [-0.3, -0.25) is 4.79 Å². The van der Waals surface area contributed by atoms with Gasteiger partial charge in [0.25, 0.3) is 6.43 Å². The molecule has 1 N–H and O–H groups in total. The van der Waals surface area contributed by atoms with Crippen LogP contribution in [0.1, 0.15) is 6.42 Å². The van der Waals surface area contributed by atoms with Crippen LogP contribution in [0.2, 0.25) is 0 Å². The Morgan fingerprint density at radius 1 is 0.955 bits per heavy atom. The van der Waals surface area contributed by atoms with Crippen LogP contribution in [0.25, 0.3) is 0 Å². The number of carboxylic acid groups (broad SMARTS) is 1. The molecule has 0 spiro atoms. The molecular formula is C9H10F8O4S. The molecule has 0 fully saturated rings. The molecule has 0 aliphatic heterocycles. The zero-order valence-electron chi connectivity index (χ0n) is 10.4. The minimum atomic E-state index is -5.40. The van der Waals surface area contributed by atoms with Gasteiger partial charge in [-0.1, -0.05) is 0 Å². The molecule has 0 rings (SSSR count). The van der Waals surface area contributed by atoms with Crippen molar-refractivity contribution >= 4 is 15.8 Å². The Hall–Kier alpha value is -1.14. The second-order valence-electron chi connectivity index (χ2n) is 4.16. The van der Waals surface area contributed by atoms with E-state index in [9.17, 15) is 48.3 Å². The van der Waals surface area contributed by atoms with E-state index in [0.29, 0.717) is 0 Å². The smallest absolute Gasteiger partial charge is 0.390 e. The second-order valence-corrected chi connectivity index (χ2v) is 6.40. The van der Waals surface area contributed by atoms with Crippen LogP contribution in [-0.4, -0.2) is 61.6 Å². The molecule has 0 heterocycles. The Bertz CT molecular complexity index is 476. The summed E-state index contributed by atoms with van der Waals surface area (Å²) >= 11 is 0. The van der Waals surface area contributed by atoms with Gasteiger partial charge >= 0.3 is 12.1 Å². The maximum atomic E-state index is 13.4. The van der Waals surface area contributed by atoms with Crippen molar-refractivity contribution in [2.45, 2.75) is 42.8 Å². The standard InChI is InChI=1S/C9H10F8O4S/c10-3(5(12)7(13)14)4(11)6(8(18)19)22(20,21)2-1-9(15,16)17/h3-7H,1-2H2,(H,18,19). The minimum Gasteiger partial charge on any atom is -0.480 e. The van der Waals surface area contributed by atoms with E-state index < -0.39 is 64.3 Å². The number of rotatable bonds is 8. The van der Waals surface area contributed by atoms with Crippen LogP contribution < -0.4 is 0 Å². The molecule has 4 unspecified atom stereocenters. The molecule has 0 amide bonds. The second kappa shape index (κ2) is 7.42. The van der Waals surface area contributed by atoms with Gasteiger partial charge in [-0.05, 0) is 0 Å². The van der Waals surface area contributed by atoms with Crippen LogP contribution in [0, 0.1) is 0 Å². The van der Waals surface area contributed by atoms with Gasteiger partial charge in [-0.2, -0.15) is 13.2 Å². The highest BCUT2D eigenvalue weighted by Crippen LogP contribution is 2.27. The summed E-state index contributed by atoms with van der Waals surface area (Å²) in [6.07, 6.45) is -22.6. The molecule has 4 nitrogen and oxygen atoms in total. The number of alkyl halides is 8. The van der Waals surface area contributed by atoms with E-state index in [-0.39, 0.29) is 0 Å². The normalized spacial score (nSPS) is 18.8. The molecule has 132 valence electrons. The van der Waals surface area contributed by atoms with E-state index in [1.807, 2.05) is 0 Å². The van der Waals surface area contributed by atoms with Gasteiger partial charge in [0.05, 0.1) is 12.2 Å². The Balaban J connectivity index is 5.33. The molecule has 13 heteroatoms. The summed E-state index contributed by atoms with van der Waals surface area (Å²) in [5.74, 6) is -4.52. The summed E-state index contributed by atoms with van der Waals surface area (Å²) < 4.78 is 121. The largest absolute Gasteiger partial charge is 0.480 e. The molecule has 0 aliphatic rings. The number of sulfone groups is 1. The molecule has 0 aromatic rings. The van der Waals surface area contributed by atoms with Crippen LogP contribution >= 0.6 is 0 Å². The molecule has 0 saturated carbocycles. The van der Waals surface area contributed by atoms with Crippen molar-refractivity contribution in [3.63, 3.8) is 0 Å². The summed E-state index contributed by atoms with van der Waals surface area (Å²) in [7, 11) is -5.40. The van der Waals surface area contributed by atoms with Crippen molar-refractivity contribution in [3.8, 4) is 0 Å². The van der Waals surface area contributed by atoms with Crippen molar-refractivity contribution in [2.75, 3.05) is 5.75 Å². The topological polar surface area (TPSA) is 71.4 Å². The lowest BCUT2D eigenvalue weighted by Crippen LogP contribution is -2.48. The van der Waals surface area contributed by atoms with E-state index >= 15 is 0 Å². The maximum absolute atomic E-state index is 13.4. The Morgan fingerprint density at radius 3 is 1.73 bits per heavy atom. The summed E-state index contributed by atoms with van der Waals surface area (Å²) in [6.45, 7) is 0. The highest BCUT2D eigenvalue weighted by atomic mass is 32.2. The number of aliphatic carboxylic acids is 1. The summed E-state index contributed by atoms with van der Waals surface area (Å²) in [5, 5.41) is 5.07. The van der Waals surface area contributed by atoms with E-state index in [2.05, 4.69) is 0 Å². The molecular weight excluding hydrogens is 356 g/mol. The quantitative estimate of drug-likeness (QED) is 0.668. The first-order valence-corrected chi connectivity index (χ1v) is 7.13. The minimum absolute atomic E-state index is 1.91. The molecule has 0 radical (unpaired) electrons. The number of halogens is 8. The third kappa shape index (κ3) is 5.93. The average Bonchev–Trinajstić information content (AvgIpc) is 2.33. The Kier molecular flexibility index (Phi) is 7.03. The number of carboxylic acids is 1. The van der Waals surface area contributed by atoms with Crippen LogP contribution in [-0.2, 0) is 14.6 Å². The molecule has 0 saturated heterocycles. The van der Waals surface area contributed by atoms with Gasteiger partial charge < -0.3 is 5.11 Å². The van der Waals surface area contributed by atoms with Gasteiger partial charge in [-0.25, -0.2) is 30.4 Å². The van der Waals surface area contributed by atoms with Crippen molar-refractivity contribution < 1.29 is 53.4 Å². The number of hydrogen-bond acceptors (Lipinski definition) is 3. The third-order valence-corrected chi connectivity index (χ3v) is 4.45. The molecule has 22 heavy (non-hydrogen) atoms. The Morgan fingerprint density at radius 2 is 1.41 bits per heavy atom. The van der Waals surface area contributed by atoms with Crippen molar-refractivity contribution in [2.24, 2.45) is 0 Å². The molecule has 0 aliphatic carbocycles. The molecule has 0 aromatic heterocycles. The van der Waals surface area contributed by atoms with Gasteiger partial charge in [0.15, 0.2) is 33.6 Å². The van der Waals surface area contributed by atoms with E-state index in [0.717, 1.165) is 0 Å². The summed E-state index contributed by atoms with van der Waals surface area (Å²) in [5.41, 5.74) is 0. The monoisotopic (exact) mass is 366 g/mol. The highest BCUT2D eigenvalue weighted by molar-refractivity contribution is 7.92. The predicted molar refractivity (Wildman–Crippen MR) is 56.6 cm³/mol. The molecule has 4 atom stereocenters. The predicted octanol–water partition coefficient (Wildman–Crippen LogP) is 2.09. The van der Waals surface area contributed by atoms with Crippen molar-refractivity contribution in [1.29, 1.82) is 0 Å². The van der Waals surface area contributed by atoms with Gasteiger partial charge in [-0.15, -0.1) is 0 Å². The van der Waals surface area contributed by atoms with Crippen LogP contribution in [0.4, 0.5) is 35.1 Å². The summed E-state index contributed by atoms with van der Waals surface area (Å²) in [4.78, 5) is 10.6. The lowest BCUT2D eigenvalue weighted by molar-refractivity contribution is -0.139. The van der Waals surface area contributed by atoms with Gasteiger partial charge in [0.1, 0.15) is 0 Å². The molecule has 0 aromatic carbocycles. The molecule has 0 bridgehead atoms. The van der Waals surface area contributed by atoms with Gasteiger partial charge in [0, 0.05) is 0 Å². The van der Waals surface area contributed by atoms with E-state index in [1.165, 1.54) is 0 Å². The van der Waals surface area contributed by atoms with Crippen molar-refractivity contribution in [3.05, 3.63) is 0 Å². The lowest BCUT2D eigenvalue weighted by atomic mass is 10.1. The number of carbonyl (C=O) groups is 1. The first-order chi connectivity index (χ1) is 9.70. The first-order valence-electron chi connectivity index (χ1n) is 5.42. The Labute approximate surface area is 119 Å². The van der Waals surface area contributed by atoms with Crippen LogP contribution in [0.3, 0.4) is 0 Å². The van der Waals surface area contributed by atoms with Crippen LogP contribution in [0.5, 0.6) is 0 Å². The van der Waals surface area contributed by atoms with Gasteiger partial charge in [0.2, 0.25) is 0 Å². The average molecular weight is 366 g/mol. The highest BCUT2D eigenvalue weighted by Gasteiger charge is 2.49. The number of hydrogen-bond donors (Lipinski definition) is 1.